The molecule has 1 saturated carbocycles. The van der Waals surface area contributed by atoms with Crippen molar-refractivity contribution in [3.05, 3.63) is 0 Å². The Labute approximate surface area is 80.3 Å². The Bertz CT molecular complexity index is 198. The zero-order chi connectivity index (χ0) is 9.26. The van der Waals surface area contributed by atoms with Gasteiger partial charge in [0, 0.05) is 6.54 Å². The minimum atomic E-state index is 0.259. The number of nitrogens with zero attached hydrogens (tertiary/aromatic N) is 1. The summed E-state index contributed by atoms with van der Waals surface area (Å²) in [5.74, 6) is 1.29. The second-order valence-electron chi connectivity index (χ2n) is 4.56. The zero-order valence-corrected chi connectivity index (χ0v) is 8.46. The van der Waals surface area contributed by atoms with E-state index >= 15 is 0 Å². The monoisotopic (exact) mass is 181 g/mol. The van der Waals surface area contributed by atoms with Gasteiger partial charge in [0.1, 0.15) is 5.78 Å². The molecule has 2 nitrogen and oxygen atoms in total. The maximum atomic E-state index is 11.4. The molecule has 1 heterocycles. The topological polar surface area (TPSA) is 20.3 Å². The number of hydrogen-bond acceptors (Lipinski definition) is 2. The molecular weight excluding hydrogens is 162 g/mol. The summed E-state index contributed by atoms with van der Waals surface area (Å²) in [5, 5.41) is 0. The molecule has 0 radical (unpaired) electrons. The first kappa shape index (κ1) is 9.20. The summed E-state index contributed by atoms with van der Waals surface area (Å²) in [6.45, 7) is 4.08. The Kier molecular flexibility index (Phi) is 2.68. The third-order valence-corrected chi connectivity index (χ3v) is 3.27. The van der Waals surface area contributed by atoms with Gasteiger partial charge in [-0.1, -0.05) is 6.42 Å². The van der Waals surface area contributed by atoms with Crippen molar-refractivity contribution >= 4 is 5.78 Å². The van der Waals surface area contributed by atoms with Gasteiger partial charge in [0.25, 0.3) is 0 Å². The van der Waals surface area contributed by atoms with Gasteiger partial charge in [-0.2, -0.15) is 0 Å². The van der Waals surface area contributed by atoms with Crippen LogP contribution in [0.4, 0.5) is 0 Å². The van der Waals surface area contributed by atoms with Crippen molar-refractivity contribution in [3.8, 4) is 0 Å². The van der Waals surface area contributed by atoms with Crippen molar-refractivity contribution in [2.75, 3.05) is 13.1 Å². The molecule has 2 fully saturated rings. The number of carbonyl (C=O) groups is 1. The number of Topliss-reactive ketones (excluding diaryl/α,β-unsaturated/α-hetero) is 1. The van der Waals surface area contributed by atoms with Gasteiger partial charge in [0.15, 0.2) is 0 Å². The quantitative estimate of drug-likeness (QED) is 0.662. The normalized spacial score (nSPS) is 30.4. The molecule has 74 valence electrons. The van der Waals surface area contributed by atoms with Crippen LogP contribution in [0.2, 0.25) is 0 Å². The SMILES string of the molecule is CC(=O)C1CCCCN1CC1CC1. The Morgan fingerprint density at radius 1 is 1.31 bits per heavy atom. The molecule has 1 atom stereocenters. The number of piperidine rings is 1. The maximum Gasteiger partial charge on any atom is 0.146 e. The van der Waals surface area contributed by atoms with E-state index in [1.165, 1.54) is 32.2 Å². The zero-order valence-electron chi connectivity index (χ0n) is 8.46. The fourth-order valence-corrected chi connectivity index (χ4v) is 2.30. The van der Waals surface area contributed by atoms with Crippen LogP contribution >= 0.6 is 0 Å². The van der Waals surface area contributed by atoms with Crippen molar-refractivity contribution in [2.45, 2.75) is 45.1 Å². The molecule has 1 aliphatic carbocycles. The predicted octanol–water partition coefficient (Wildman–Crippen LogP) is 1.84. The smallest absolute Gasteiger partial charge is 0.146 e. The molecule has 1 saturated heterocycles. The molecular formula is C11H19NO. The summed E-state index contributed by atoms with van der Waals surface area (Å²) in [4.78, 5) is 13.8. The average Bonchev–Trinajstić information content (AvgIpc) is 2.89. The van der Waals surface area contributed by atoms with Gasteiger partial charge in [0.2, 0.25) is 0 Å². The minimum absolute atomic E-state index is 0.259. The Hall–Kier alpha value is -0.370. The molecule has 0 bridgehead atoms. The summed E-state index contributed by atoms with van der Waals surface area (Å²) in [6.07, 6.45) is 6.41. The Morgan fingerprint density at radius 2 is 2.08 bits per heavy atom. The number of likely N-dealkylation sites (tertiary alicyclic amines) is 1. The van der Waals surface area contributed by atoms with Gasteiger partial charge >= 0.3 is 0 Å². The van der Waals surface area contributed by atoms with Crippen molar-refractivity contribution in [3.63, 3.8) is 0 Å². The van der Waals surface area contributed by atoms with E-state index in [0.717, 1.165) is 18.9 Å². The Morgan fingerprint density at radius 3 is 2.69 bits per heavy atom. The predicted molar refractivity (Wildman–Crippen MR) is 52.6 cm³/mol. The largest absolute Gasteiger partial charge is 0.298 e. The van der Waals surface area contributed by atoms with E-state index in [-0.39, 0.29) is 6.04 Å². The first-order valence-corrected chi connectivity index (χ1v) is 5.52. The number of ketones is 1. The summed E-state index contributed by atoms with van der Waals surface area (Å²) in [5.41, 5.74) is 0. The molecule has 0 spiro atoms. The fourth-order valence-electron chi connectivity index (χ4n) is 2.30. The summed E-state index contributed by atoms with van der Waals surface area (Å²) < 4.78 is 0. The van der Waals surface area contributed by atoms with Crippen LogP contribution in [0.25, 0.3) is 0 Å². The first-order valence-electron chi connectivity index (χ1n) is 5.52. The van der Waals surface area contributed by atoms with Crippen LogP contribution < -0.4 is 0 Å². The van der Waals surface area contributed by atoms with Crippen LogP contribution in [0.3, 0.4) is 0 Å². The van der Waals surface area contributed by atoms with E-state index in [1.807, 2.05) is 0 Å². The van der Waals surface area contributed by atoms with E-state index in [0.29, 0.717) is 5.78 Å². The lowest BCUT2D eigenvalue weighted by Gasteiger charge is -2.34. The standard InChI is InChI=1S/C11H19NO/c1-9(13)11-4-2-3-7-12(11)8-10-5-6-10/h10-11H,2-8H2,1H3. The molecule has 13 heavy (non-hydrogen) atoms. The lowest BCUT2D eigenvalue weighted by molar-refractivity contribution is -0.123. The Balaban J connectivity index is 1.90. The maximum absolute atomic E-state index is 11.4. The summed E-state index contributed by atoms with van der Waals surface area (Å²) in [7, 11) is 0. The molecule has 2 rings (SSSR count). The molecule has 2 aliphatic rings. The molecule has 0 amide bonds. The minimum Gasteiger partial charge on any atom is -0.298 e. The van der Waals surface area contributed by atoms with Crippen molar-refractivity contribution in [1.82, 2.24) is 4.90 Å². The van der Waals surface area contributed by atoms with Gasteiger partial charge in [-0.05, 0) is 45.1 Å². The number of hydrogen-bond donors (Lipinski definition) is 0. The highest BCUT2D eigenvalue weighted by Gasteiger charge is 2.31. The van der Waals surface area contributed by atoms with Crippen LogP contribution in [0, 0.1) is 5.92 Å². The van der Waals surface area contributed by atoms with Gasteiger partial charge in [-0.3, -0.25) is 9.69 Å². The van der Waals surface area contributed by atoms with E-state index in [2.05, 4.69) is 4.90 Å². The molecule has 1 aliphatic heterocycles. The third-order valence-electron chi connectivity index (χ3n) is 3.27. The van der Waals surface area contributed by atoms with Gasteiger partial charge in [-0.15, -0.1) is 0 Å². The van der Waals surface area contributed by atoms with E-state index in [9.17, 15) is 4.79 Å². The second kappa shape index (κ2) is 3.79. The van der Waals surface area contributed by atoms with Crippen molar-refractivity contribution in [2.24, 2.45) is 5.92 Å². The molecule has 1 unspecified atom stereocenters. The summed E-state index contributed by atoms with van der Waals surface area (Å²) >= 11 is 0. The van der Waals surface area contributed by atoms with Crippen LogP contribution in [-0.2, 0) is 4.79 Å². The highest BCUT2D eigenvalue weighted by molar-refractivity contribution is 5.81. The lowest BCUT2D eigenvalue weighted by Crippen LogP contribution is -2.44. The summed E-state index contributed by atoms with van der Waals surface area (Å²) in [6, 6.07) is 0.259. The number of rotatable bonds is 3. The molecule has 2 heteroatoms. The molecule has 0 N–H and O–H groups in total. The number of carbonyl (C=O) groups excluding carboxylic acids is 1. The third kappa shape index (κ3) is 2.31. The van der Waals surface area contributed by atoms with Crippen molar-refractivity contribution in [1.29, 1.82) is 0 Å². The molecule has 0 aromatic heterocycles. The average molecular weight is 181 g/mol. The highest BCUT2D eigenvalue weighted by atomic mass is 16.1. The fraction of sp³-hybridized carbons (Fsp3) is 0.909. The molecule has 0 aromatic carbocycles. The van der Waals surface area contributed by atoms with Crippen LogP contribution in [0.15, 0.2) is 0 Å². The van der Waals surface area contributed by atoms with Gasteiger partial charge in [-0.25, -0.2) is 0 Å². The van der Waals surface area contributed by atoms with E-state index in [4.69, 9.17) is 0 Å². The van der Waals surface area contributed by atoms with Crippen molar-refractivity contribution < 1.29 is 4.79 Å². The molecule has 0 aromatic rings. The van der Waals surface area contributed by atoms with Gasteiger partial charge < -0.3 is 0 Å². The van der Waals surface area contributed by atoms with Crippen LogP contribution in [0.1, 0.15) is 39.0 Å². The van der Waals surface area contributed by atoms with Crippen LogP contribution in [-0.4, -0.2) is 29.8 Å². The van der Waals surface area contributed by atoms with Crippen LogP contribution in [0.5, 0.6) is 0 Å². The van der Waals surface area contributed by atoms with Gasteiger partial charge in [0.05, 0.1) is 6.04 Å². The second-order valence-corrected chi connectivity index (χ2v) is 4.56. The van der Waals surface area contributed by atoms with E-state index < -0.39 is 0 Å². The highest BCUT2D eigenvalue weighted by Crippen LogP contribution is 2.32. The first-order chi connectivity index (χ1) is 6.27. The van der Waals surface area contributed by atoms with E-state index in [1.54, 1.807) is 6.92 Å². The lowest BCUT2D eigenvalue weighted by atomic mass is 9.99.